The van der Waals surface area contributed by atoms with Crippen molar-refractivity contribution in [2.24, 2.45) is 0 Å². The van der Waals surface area contributed by atoms with Crippen molar-refractivity contribution in [1.29, 1.82) is 0 Å². The fraction of sp³-hybridized carbons (Fsp3) is 0.429. The Hall–Kier alpha value is -2.36. The maximum atomic E-state index is 11.5. The molecule has 0 spiro atoms. The normalized spacial score (nSPS) is 10.7. The standard InChI is InChI=1S/C21H28N2O2/c1-4-5-6-7-19-14-18(15(2)23-20(19)22)13-10-16-8-11-17(12-9-16)21(24)25-3/h8-9,11-12,14H,4-7,10,13H2,1-3H3,(H2,22,23). The molecule has 0 amide bonds. The lowest BCUT2D eigenvalue weighted by Gasteiger charge is -2.11. The highest BCUT2D eigenvalue weighted by Crippen LogP contribution is 2.19. The van der Waals surface area contributed by atoms with Gasteiger partial charge < -0.3 is 10.5 Å². The third-order valence-electron chi connectivity index (χ3n) is 4.54. The quantitative estimate of drug-likeness (QED) is 0.575. The summed E-state index contributed by atoms with van der Waals surface area (Å²) in [5, 5.41) is 0. The van der Waals surface area contributed by atoms with Crippen LogP contribution in [0.5, 0.6) is 0 Å². The summed E-state index contributed by atoms with van der Waals surface area (Å²) in [5.74, 6) is 0.363. The molecule has 2 rings (SSSR count). The van der Waals surface area contributed by atoms with Crippen molar-refractivity contribution in [3.63, 3.8) is 0 Å². The van der Waals surface area contributed by atoms with E-state index in [2.05, 4.69) is 18.0 Å². The van der Waals surface area contributed by atoms with Crippen LogP contribution in [0.3, 0.4) is 0 Å². The smallest absolute Gasteiger partial charge is 0.337 e. The Morgan fingerprint density at radius 3 is 2.44 bits per heavy atom. The summed E-state index contributed by atoms with van der Waals surface area (Å²) >= 11 is 0. The van der Waals surface area contributed by atoms with Crippen molar-refractivity contribution in [3.8, 4) is 0 Å². The number of hydrogen-bond donors (Lipinski definition) is 1. The van der Waals surface area contributed by atoms with E-state index >= 15 is 0 Å². The number of carbonyl (C=O) groups is 1. The second kappa shape index (κ2) is 9.21. The van der Waals surface area contributed by atoms with Crippen LogP contribution < -0.4 is 5.73 Å². The molecule has 0 aliphatic rings. The average molecular weight is 340 g/mol. The molecule has 0 atom stereocenters. The van der Waals surface area contributed by atoms with Crippen LogP contribution in [0.25, 0.3) is 0 Å². The third-order valence-corrected chi connectivity index (χ3v) is 4.54. The number of nitrogens with two attached hydrogens (primary N) is 1. The highest BCUT2D eigenvalue weighted by atomic mass is 16.5. The van der Waals surface area contributed by atoms with Gasteiger partial charge in [0.1, 0.15) is 5.82 Å². The SMILES string of the molecule is CCCCCc1cc(CCc2ccc(C(=O)OC)cc2)c(C)nc1N. The molecule has 1 heterocycles. The molecule has 4 heteroatoms. The molecular formula is C21H28N2O2. The molecule has 4 nitrogen and oxygen atoms in total. The van der Waals surface area contributed by atoms with Gasteiger partial charge in [0.25, 0.3) is 0 Å². The molecule has 2 aromatic rings. The number of anilines is 1. The molecule has 0 aliphatic carbocycles. The zero-order chi connectivity index (χ0) is 18.2. The van der Waals surface area contributed by atoms with Crippen LogP contribution in [0, 0.1) is 6.92 Å². The molecule has 1 aromatic heterocycles. The van der Waals surface area contributed by atoms with Crippen molar-refractivity contribution >= 4 is 11.8 Å². The molecule has 0 fully saturated rings. The molecule has 0 radical (unpaired) electrons. The lowest BCUT2D eigenvalue weighted by Crippen LogP contribution is -2.05. The zero-order valence-electron chi connectivity index (χ0n) is 15.5. The molecule has 2 N–H and O–H groups in total. The van der Waals surface area contributed by atoms with Gasteiger partial charge >= 0.3 is 5.97 Å². The number of ether oxygens (including phenoxy) is 1. The van der Waals surface area contributed by atoms with E-state index in [1.165, 1.54) is 31.1 Å². The van der Waals surface area contributed by atoms with E-state index in [0.717, 1.165) is 36.9 Å². The van der Waals surface area contributed by atoms with E-state index in [9.17, 15) is 4.79 Å². The van der Waals surface area contributed by atoms with Crippen molar-refractivity contribution in [1.82, 2.24) is 4.98 Å². The van der Waals surface area contributed by atoms with Crippen LogP contribution in [-0.4, -0.2) is 18.1 Å². The van der Waals surface area contributed by atoms with E-state index in [4.69, 9.17) is 10.5 Å². The summed E-state index contributed by atoms with van der Waals surface area (Å²) in [4.78, 5) is 16.0. The van der Waals surface area contributed by atoms with Gasteiger partial charge in [-0.2, -0.15) is 0 Å². The fourth-order valence-corrected chi connectivity index (χ4v) is 2.94. The lowest BCUT2D eigenvalue weighted by molar-refractivity contribution is 0.0600. The minimum absolute atomic E-state index is 0.304. The number of hydrogen-bond acceptors (Lipinski definition) is 4. The molecule has 0 bridgehead atoms. The Balaban J connectivity index is 2.04. The summed E-state index contributed by atoms with van der Waals surface area (Å²) in [5.41, 5.74) is 11.3. The Bertz CT molecular complexity index is 709. The highest BCUT2D eigenvalue weighted by Gasteiger charge is 2.08. The summed E-state index contributed by atoms with van der Waals surface area (Å²) < 4.78 is 4.73. The number of esters is 1. The van der Waals surface area contributed by atoms with Crippen LogP contribution in [0.1, 0.15) is 58.9 Å². The number of aromatic nitrogens is 1. The summed E-state index contributed by atoms with van der Waals surface area (Å²) in [6, 6.07) is 9.80. The largest absolute Gasteiger partial charge is 0.465 e. The molecule has 0 aliphatic heterocycles. The van der Waals surface area contributed by atoms with Gasteiger partial charge in [-0.3, -0.25) is 0 Å². The Morgan fingerprint density at radius 2 is 1.80 bits per heavy atom. The van der Waals surface area contributed by atoms with E-state index < -0.39 is 0 Å². The van der Waals surface area contributed by atoms with Gasteiger partial charge in [0.2, 0.25) is 0 Å². The van der Waals surface area contributed by atoms with Gasteiger partial charge in [-0.25, -0.2) is 9.78 Å². The number of methoxy groups -OCH3 is 1. The first kappa shape index (κ1) is 19.0. The van der Waals surface area contributed by atoms with Gasteiger partial charge in [0, 0.05) is 5.69 Å². The number of nitrogen functional groups attached to an aromatic ring is 1. The first-order valence-electron chi connectivity index (χ1n) is 8.97. The third kappa shape index (κ3) is 5.31. The second-order valence-corrected chi connectivity index (χ2v) is 6.42. The topological polar surface area (TPSA) is 65.2 Å². The predicted octanol–water partition coefficient (Wildman–Crippen LogP) is 4.28. The van der Waals surface area contributed by atoms with E-state index in [0.29, 0.717) is 11.4 Å². The van der Waals surface area contributed by atoms with Crippen LogP contribution in [-0.2, 0) is 24.0 Å². The summed E-state index contributed by atoms with van der Waals surface area (Å²) in [7, 11) is 1.39. The minimum Gasteiger partial charge on any atom is -0.465 e. The second-order valence-electron chi connectivity index (χ2n) is 6.42. The first-order chi connectivity index (χ1) is 12.0. The van der Waals surface area contributed by atoms with Crippen molar-refractivity contribution in [3.05, 3.63) is 58.3 Å². The Labute approximate surface area is 150 Å². The van der Waals surface area contributed by atoms with E-state index in [1.54, 1.807) is 0 Å². The molecule has 0 saturated heterocycles. The first-order valence-corrected chi connectivity index (χ1v) is 8.97. The van der Waals surface area contributed by atoms with Crippen LogP contribution in [0.15, 0.2) is 30.3 Å². The van der Waals surface area contributed by atoms with Crippen LogP contribution in [0.2, 0.25) is 0 Å². The fourth-order valence-electron chi connectivity index (χ4n) is 2.94. The number of unbranched alkanes of at least 4 members (excludes halogenated alkanes) is 2. The maximum absolute atomic E-state index is 11.5. The highest BCUT2D eigenvalue weighted by molar-refractivity contribution is 5.89. The van der Waals surface area contributed by atoms with Gasteiger partial charge in [-0.1, -0.05) is 38.0 Å². The van der Waals surface area contributed by atoms with Gasteiger partial charge in [0.15, 0.2) is 0 Å². The number of nitrogens with zero attached hydrogens (tertiary/aromatic N) is 1. The minimum atomic E-state index is -0.304. The molecule has 25 heavy (non-hydrogen) atoms. The predicted molar refractivity (Wildman–Crippen MR) is 102 cm³/mol. The van der Waals surface area contributed by atoms with Crippen LogP contribution >= 0.6 is 0 Å². The summed E-state index contributed by atoms with van der Waals surface area (Å²) in [6.07, 6.45) is 6.39. The Kier molecular flexibility index (Phi) is 6.99. The number of benzene rings is 1. The number of carbonyl (C=O) groups excluding carboxylic acids is 1. The van der Waals surface area contributed by atoms with Crippen LogP contribution in [0.4, 0.5) is 5.82 Å². The number of aryl methyl sites for hydroxylation is 4. The van der Waals surface area contributed by atoms with Crippen molar-refractivity contribution < 1.29 is 9.53 Å². The summed E-state index contributed by atoms with van der Waals surface area (Å²) in [6.45, 7) is 4.22. The molecule has 1 aromatic carbocycles. The van der Waals surface area contributed by atoms with Crippen molar-refractivity contribution in [2.75, 3.05) is 12.8 Å². The monoisotopic (exact) mass is 340 g/mol. The molecule has 134 valence electrons. The Morgan fingerprint density at radius 1 is 1.08 bits per heavy atom. The average Bonchev–Trinajstić information content (AvgIpc) is 2.62. The molecular weight excluding hydrogens is 312 g/mol. The van der Waals surface area contributed by atoms with Crippen molar-refractivity contribution in [2.45, 2.75) is 52.4 Å². The van der Waals surface area contributed by atoms with E-state index in [1.807, 2.05) is 31.2 Å². The van der Waals surface area contributed by atoms with Gasteiger partial charge in [-0.15, -0.1) is 0 Å². The maximum Gasteiger partial charge on any atom is 0.337 e. The molecule has 0 unspecified atom stereocenters. The lowest BCUT2D eigenvalue weighted by atomic mass is 9.99. The number of pyridine rings is 1. The van der Waals surface area contributed by atoms with E-state index in [-0.39, 0.29) is 5.97 Å². The number of rotatable bonds is 8. The van der Waals surface area contributed by atoms with Gasteiger partial charge in [0.05, 0.1) is 12.7 Å². The van der Waals surface area contributed by atoms with Gasteiger partial charge in [-0.05, 0) is 61.4 Å². The zero-order valence-corrected chi connectivity index (χ0v) is 15.5. The molecule has 0 saturated carbocycles.